The molecule has 3 aromatic carbocycles. The second-order valence-corrected chi connectivity index (χ2v) is 8.91. The fourth-order valence-corrected chi connectivity index (χ4v) is 3.99. The number of para-hydroxylation sites is 1. The van der Waals surface area contributed by atoms with E-state index in [4.69, 9.17) is 23.2 Å². The highest BCUT2D eigenvalue weighted by Crippen LogP contribution is 2.25. The zero-order valence-electron chi connectivity index (χ0n) is 19.0. The first kappa shape index (κ1) is 24.3. The Morgan fingerprint density at radius 3 is 2.17 bits per heavy atom. The van der Waals surface area contributed by atoms with Gasteiger partial charge in [-0.05, 0) is 66.9 Å². The Hall–Kier alpha value is -3.81. The van der Waals surface area contributed by atoms with E-state index in [9.17, 15) is 14.4 Å². The predicted octanol–water partition coefficient (Wildman–Crippen LogP) is 5.20. The molecule has 4 aromatic rings. The standard InChI is InChI=1S/C26H22Cl2N4O3/c1-15-4-3-5-16(2)23(15)30-24(33)22-13-18-12-20(28)10-11-21(18)32(22)31-26(35)25(34)29-14-17-6-8-19(27)9-7-17/h3-13H,14H2,1-2H3,(H,29,34)(H,30,33)(H,31,35). The van der Waals surface area contributed by atoms with Crippen LogP contribution < -0.4 is 16.1 Å². The Labute approximate surface area is 212 Å². The minimum Gasteiger partial charge on any atom is -0.344 e. The summed E-state index contributed by atoms with van der Waals surface area (Å²) in [5, 5.41) is 7.15. The van der Waals surface area contributed by atoms with Crippen molar-refractivity contribution in [2.75, 3.05) is 10.7 Å². The Morgan fingerprint density at radius 2 is 1.49 bits per heavy atom. The first-order valence-corrected chi connectivity index (χ1v) is 11.5. The zero-order chi connectivity index (χ0) is 25.1. The number of nitrogens with one attached hydrogen (secondary N) is 3. The lowest BCUT2D eigenvalue weighted by molar-refractivity contribution is -0.136. The monoisotopic (exact) mass is 508 g/mol. The van der Waals surface area contributed by atoms with E-state index < -0.39 is 17.7 Å². The third-order valence-electron chi connectivity index (χ3n) is 5.50. The molecule has 0 unspecified atom stereocenters. The number of carbonyl (C=O) groups is 3. The van der Waals surface area contributed by atoms with Gasteiger partial charge in [0.05, 0.1) is 5.52 Å². The second-order valence-electron chi connectivity index (χ2n) is 8.04. The van der Waals surface area contributed by atoms with Gasteiger partial charge in [0.15, 0.2) is 0 Å². The molecule has 9 heteroatoms. The van der Waals surface area contributed by atoms with Gasteiger partial charge in [0.2, 0.25) is 0 Å². The van der Waals surface area contributed by atoms with Crippen LogP contribution in [0, 0.1) is 13.8 Å². The molecule has 0 fully saturated rings. The summed E-state index contributed by atoms with van der Waals surface area (Å²) in [4.78, 5) is 38.4. The van der Waals surface area contributed by atoms with Crippen LogP contribution >= 0.6 is 23.2 Å². The fraction of sp³-hybridized carbons (Fsp3) is 0.115. The summed E-state index contributed by atoms with van der Waals surface area (Å²) in [6, 6.07) is 19.2. The molecule has 0 saturated heterocycles. The van der Waals surface area contributed by atoms with Crippen molar-refractivity contribution in [3.8, 4) is 0 Å². The minimum absolute atomic E-state index is 0.142. The first-order chi connectivity index (χ1) is 16.7. The highest BCUT2D eigenvalue weighted by molar-refractivity contribution is 6.38. The Morgan fingerprint density at radius 1 is 0.829 bits per heavy atom. The highest BCUT2D eigenvalue weighted by atomic mass is 35.5. The lowest BCUT2D eigenvalue weighted by Crippen LogP contribution is -2.39. The third-order valence-corrected chi connectivity index (χ3v) is 5.99. The molecule has 0 aliphatic rings. The molecule has 4 rings (SSSR count). The van der Waals surface area contributed by atoms with E-state index in [2.05, 4.69) is 16.1 Å². The summed E-state index contributed by atoms with van der Waals surface area (Å²) in [5.74, 6) is -2.22. The number of benzene rings is 3. The fourth-order valence-electron chi connectivity index (χ4n) is 3.68. The lowest BCUT2D eigenvalue weighted by atomic mass is 10.1. The number of halogens is 2. The molecule has 7 nitrogen and oxygen atoms in total. The number of anilines is 1. The van der Waals surface area contributed by atoms with Crippen LogP contribution in [0.4, 0.5) is 5.69 Å². The maximum Gasteiger partial charge on any atom is 0.328 e. The Balaban J connectivity index is 1.59. The summed E-state index contributed by atoms with van der Waals surface area (Å²) < 4.78 is 1.29. The molecule has 0 spiro atoms. The number of fused-ring (bicyclic) bond motifs is 1. The molecular weight excluding hydrogens is 487 g/mol. The van der Waals surface area contributed by atoms with Gasteiger partial charge in [-0.3, -0.25) is 19.8 Å². The number of hydrogen-bond donors (Lipinski definition) is 3. The molecule has 1 heterocycles. The van der Waals surface area contributed by atoms with E-state index in [0.717, 1.165) is 16.7 Å². The number of nitrogens with zero attached hydrogens (tertiary/aromatic N) is 1. The predicted molar refractivity (Wildman–Crippen MR) is 138 cm³/mol. The van der Waals surface area contributed by atoms with Crippen LogP contribution in [0.15, 0.2) is 66.7 Å². The Bertz CT molecular complexity index is 1430. The maximum absolute atomic E-state index is 13.3. The van der Waals surface area contributed by atoms with Crippen LogP contribution in [0.2, 0.25) is 10.0 Å². The molecule has 3 N–H and O–H groups in total. The van der Waals surface area contributed by atoms with Crippen molar-refractivity contribution in [2.24, 2.45) is 0 Å². The number of aryl methyl sites for hydroxylation is 2. The number of aromatic nitrogens is 1. The van der Waals surface area contributed by atoms with E-state index in [0.29, 0.717) is 26.6 Å². The normalized spacial score (nSPS) is 10.7. The van der Waals surface area contributed by atoms with Crippen molar-refractivity contribution < 1.29 is 14.4 Å². The van der Waals surface area contributed by atoms with Gasteiger partial charge in [-0.25, -0.2) is 4.68 Å². The molecular formula is C26H22Cl2N4O3. The van der Waals surface area contributed by atoms with E-state index >= 15 is 0 Å². The average molecular weight is 509 g/mol. The molecule has 0 saturated carbocycles. The van der Waals surface area contributed by atoms with Gasteiger partial charge >= 0.3 is 11.8 Å². The molecule has 1 aromatic heterocycles. The van der Waals surface area contributed by atoms with Gasteiger partial charge in [-0.1, -0.05) is 53.5 Å². The summed E-state index contributed by atoms with van der Waals surface area (Å²) in [5.41, 5.74) is 6.45. The second kappa shape index (κ2) is 10.2. The van der Waals surface area contributed by atoms with E-state index in [1.54, 1.807) is 48.5 Å². The van der Waals surface area contributed by atoms with Gasteiger partial charge in [-0.2, -0.15) is 0 Å². The molecule has 0 aliphatic carbocycles. The van der Waals surface area contributed by atoms with E-state index in [1.807, 2.05) is 32.0 Å². The summed E-state index contributed by atoms with van der Waals surface area (Å²) in [6.07, 6.45) is 0. The molecule has 178 valence electrons. The van der Waals surface area contributed by atoms with E-state index in [-0.39, 0.29) is 12.2 Å². The van der Waals surface area contributed by atoms with Crippen molar-refractivity contribution in [1.29, 1.82) is 0 Å². The smallest absolute Gasteiger partial charge is 0.328 e. The summed E-state index contributed by atoms with van der Waals surface area (Å²) >= 11 is 12.0. The lowest BCUT2D eigenvalue weighted by Gasteiger charge is -2.14. The van der Waals surface area contributed by atoms with Gasteiger partial charge in [0.25, 0.3) is 5.91 Å². The molecule has 0 atom stereocenters. The summed E-state index contributed by atoms with van der Waals surface area (Å²) in [7, 11) is 0. The first-order valence-electron chi connectivity index (χ1n) is 10.7. The van der Waals surface area contributed by atoms with Crippen molar-refractivity contribution in [1.82, 2.24) is 9.99 Å². The molecule has 0 aliphatic heterocycles. The van der Waals surface area contributed by atoms with E-state index in [1.165, 1.54) is 4.68 Å². The molecule has 35 heavy (non-hydrogen) atoms. The van der Waals surface area contributed by atoms with Crippen LogP contribution in [0.3, 0.4) is 0 Å². The largest absolute Gasteiger partial charge is 0.344 e. The van der Waals surface area contributed by atoms with Crippen molar-refractivity contribution in [3.05, 3.63) is 99.2 Å². The van der Waals surface area contributed by atoms with Gasteiger partial charge in [-0.15, -0.1) is 0 Å². The zero-order valence-corrected chi connectivity index (χ0v) is 20.5. The van der Waals surface area contributed by atoms with Crippen LogP contribution in [-0.4, -0.2) is 22.4 Å². The minimum atomic E-state index is -0.924. The van der Waals surface area contributed by atoms with Crippen LogP contribution in [-0.2, 0) is 16.1 Å². The molecule has 0 bridgehead atoms. The van der Waals surface area contributed by atoms with Crippen LogP contribution in [0.1, 0.15) is 27.2 Å². The quantitative estimate of drug-likeness (QED) is 0.323. The maximum atomic E-state index is 13.3. The van der Waals surface area contributed by atoms with Crippen molar-refractivity contribution in [2.45, 2.75) is 20.4 Å². The SMILES string of the molecule is Cc1cccc(C)c1NC(=O)c1cc2cc(Cl)ccc2n1NC(=O)C(=O)NCc1ccc(Cl)cc1. The number of amides is 3. The third kappa shape index (κ3) is 5.48. The molecule has 3 amide bonds. The topological polar surface area (TPSA) is 92.2 Å². The van der Waals surface area contributed by atoms with Gasteiger partial charge in [0.1, 0.15) is 5.69 Å². The number of hydrogen-bond acceptors (Lipinski definition) is 3. The molecule has 0 radical (unpaired) electrons. The summed E-state index contributed by atoms with van der Waals surface area (Å²) in [6.45, 7) is 3.93. The number of carbonyl (C=O) groups excluding carboxylic acids is 3. The Kier molecular flexibility index (Phi) is 7.10. The number of rotatable bonds is 5. The van der Waals surface area contributed by atoms with Gasteiger partial charge < -0.3 is 10.6 Å². The van der Waals surface area contributed by atoms with Gasteiger partial charge in [0, 0.05) is 27.7 Å². The highest BCUT2D eigenvalue weighted by Gasteiger charge is 2.21. The van der Waals surface area contributed by atoms with Crippen molar-refractivity contribution >= 4 is 57.5 Å². The van der Waals surface area contributed by atoms with Crippen LogP contribution in [0.5, 0.6) is 0 Å². The van der Waals surface area contributed by atoms with Crippen LogP contribution in [0.25, 0.3) is 10.9 Å². The average Bonchev–Trinajstić information content (AvgIpc) is 3.18. The van der Waals surface area contributed by atoms with Crippen molar-refractivity contribution in [3.63, 3.8) is 0 Å².